The number of amides is 1. The van der Waals surface area contributed by atoms with Crippen LogP contribution in [0.1, 0.15) is 65.2 Å². The molecule has 3 N–H and O–H groups in total. The molecule has 1 rings (SSSR count). The molecule has 0 bridgehead atoms. The minimum atomic E-state index is -0.379. The summed E-state index contributed by atoms with van der Waals surface area (Å²) >= 11 is 1.42. The fraction of sp³-hybridized carbons (Fsp3) is 0.875. The predicted octanol–water partition coefficient (Wildman–Crippen LogP) is 3.27. The van der Waals surface area contributed by atoms with Crippen LogP contribution in [-0.2, 0) is 9.59 Å². The van der Waals surface area contributed by atoms with Gasteiger partial charge in [0.25, 0.3) is 0 Å². The summed E-state index contributed by atoms with van der Waals surface area (Å²) in [6, 6.07) is -0.0301. The summed E-state index contributed by atoms with van der Waals surface area (Å²) in [5.41, 5.74) is 5.93. The van der Waals surface area contributed by atoms with Gasteiger partial charge in [0.1, 0.15) is 0 Å². The van der Waals surface area contributed by atoms with Gasteiger partial charge >= 0.3 is 0 Å². The van der Waals surface area contributed by atoms with Gasteiger partial charge in [0.05, 0.1) is 6.04 Å². The Morgan fingerprint density at radius 2 is 1.82 bits per heavy atom. The predicted molar refractivity (Wildman–Crippen MR) is 96.4 cm³/mol. The molecule has 1 amide bonds. The first kappa shape index (κ1) is 21.7. The molecule has 130 valence electrons. The first-order valence-corrected chi connectivity index (χ1v) is 9.22. The molecular formula is C16H31ClN2O2S. The molecule has 0 aliphatic heterocycles. The maximum Gasteiger partial charge on any atom is 0.237 e. The smallest absolute Gasteiger partial charge is 0.237 e. The van der Waals surface area contributed by atoms with Crippen molar-refractivity contribution < 1.29 is 9.59 Å². The summed E-state index contributed by atoms with van der Waals surface area (Å²) < 4.78 is 0. The van der Waals surface area contributed by atoms with Crippen LogP contribution >= 0.6 is 24.2 Å². The Bertz CT molecular complexity index is 334. The fourth-order valence-corrected chi connectivity index (χ4v) is 3.37. The number of nitrogens with two attached hydrogens (primary N) is 1. The highest BCUT2D eigenvalue weighted by Gasteiger charge is 2.20. The summed E-state index contributed by atoms with van der Waals surface area (Å²) in [5, 5.41) is 3.31. The number of hydrogen-bond donors (Lipinski definition) is 2. The van der Waals surface area contributed by atoms with Crippen LogP contribution in [-0.4, -0.2) is 28.9 Å². The number of nitrogens with one attached hydrogen (secondary N) is 1. The Morgan fingerprint density at radius 3 is 2.41 bits per heavy atom. The Morgan fingerprint density at radius 1 is 1.18 bits per heavy atom. The molecule has 1 fully saturated rings. The van der Waals surface area contributed by atoms with Gasteiger partial charge in [-0.2, -0.15) is 0 Å². The topological polar surface area (TPSA) is 72.2 Å². The second kappa shape index (κ2) is 12.2. The van der Waals surface area contributed by atoms with Crippen molar-refractivity contribution in [3.63, 3.8) is 0 Å². The zero-order valence-electron chi connectivity index (χ0n) is 13.8. The van der Waals surface area contributed by atoms with Crippen molar-refractivity contribution in [3.8, 4) is 0 Å². The van der Waals surface area contributed by atoms with Crippen LogP contribution in [0.25, 0.3) is 0 Å². The van der Waals surface area contributed by atoms with Gasteiger partial charge in [-0.3, -0.25) is 9.59 Å². The summed E-state index contributed by atoms with van der Waals surface area (Å²) in [5.74, 6) is 0.995. The van der Waals surface area contributed by atoms with Gasteiger partial charge in [-0.05, 0) is 25.7 Å². The van der Waals surface area contributed by atoms with Crippen LogP contribution in [0, 0.1) is 5.92 Å². The zero-order chi connectivity index (χ0) is 15.7. The van der Waals surface area contributed by atoms with Crippen LogP contribution in [0.3, 0.4) is 0 Å². The van der Waals surface area contributed by atoms with E-state index in [1.54, 1.807) is 0 Å². The van der Waals surface area contributed by atoms with Crippen molar-refractivity contribution in [3.05, 3.63) is 0 Å². The molecule has 1 aliphatic rings. The Balaban J connectivity index is 0.00000441. The number of thioether (sulfide) groups is 1. The lowest BCUT2D eigenvalue weighted by Crippen LogP contribution is -2.44. The molecule has 22 heavy (non-hydrogen) atoms. The molecule has 0 saturated heterocycles. The van der Waals surface area contributed by atoms with Crippen molar-refractivity contribution in [2.75, 3.05) is 5.75 Å². The Kier molecular flexibility index (Phi) is 12.1. The molecule has 0 aromatic heterocycles. The molecule has 0 heterocycles. The van der Waals surface area contributed by atoms with Gasteiger partial charge in [-0.15, -0.1) is 12.4 Å². The quantitative estimate of drug-likeness (QED) is 0.626. The molecule has 1 saturated carbocycles. The standard InChI is InChI=1S/C16H30N2O2S.ClH/c1-12(2)16(20)21-11-7-3-4-10-14(17)15(19)18-13-8-5-6-9-13;/h12-14H,3-11,17H2,1-2H3,(H,18,19);1H/t14-;/m0./s1. The van der Waals surface area contributed by atoms with E-state index in [0.717, 1.165) is 44.3 Å². The maximum absolute atomic E-state index is 11.9. The van der Waals surface area contributed by atoms with Gasteiger partial charge in [-0.25, -0.2) is 0 Å². The monoisotopic (exact) mass is 350 g/mol. The third-order valence-corrected chi connectivity index (χ3v) is 5.16. The van der Waals surface area contributed by atoms with E-state index < -0.39 is 0 Å². The average Bonchev–Trinajstić information content (AvgIpc) is 2.94. The van der Waals surface area contributed by atoms with Crippen LogP contribution in [0.5, 0.6) is 0 Å². The van der Waals surface area contributed by atoms with Gasteiger partial charge in [0, 0.05) is 17.7 Å². The number of halogens is 1. The Labute approximate surface area is 145 Å². The van der Waals surface area contributed by atoms with Crippen LogP contribution in [0.15, 0.2) is 0 Å². The summed E-state index contributed by atoms with van der Waals surface area (Å²) in [6.45, 7) is 3.86. The van der Waals surface area contributed by atoms with E-state index >= 15 is 0 Å². The third-order valence-electron chi connectivity index (χ3n) is 3.91. The largest absolute Gasteiger partial charge is 0.352 e. The van der Waals surface area contributed by atoms with Crippen molar-refractivity contribution in [1.82, 2.24) is 5.32 Å². The second-order valence-corrected chi connectivity index (χ2v) is 7.37. The molecule has 0 radical (unpaired) electrons. The van der Waals surface area contributed by atoms with Crippen LogP contribution in [0.4, 0.5) is 0 Å². The lowest BCUT2D eigenvalue weighted by atomic mass is 10.1. The van der Waals surface area contributed by atoms with Gasteiger partial charge in [0.2, 0.25) is 5.91 Å². The normalized spacial score (nSPS) is 16.4. The van der Waals surface area contributed by atoms with E-state index in [2.05, 4.69) is 5.32 Å². The molecule has 4 nitrogen and oxygen atoms in total. The van der Waals surface area contributed by atoms with E-state index in [1.807, 2.05) is 13.8 Å². The van der Waals surface area contributed by atoms with E-state index in [0.29, 0.717) is 6.04 Å². The van der Waals surface area contributed by atoms with Crippen molar-refractivity contribution >= 4 is 35.2 Å². The van der Waals surface area contributed by atoms with E-state index in [1.165, 1.54) is 24.6 Å². The van der Waals surface area contributed by atoms with Crippen LogP contribution < -0.4 is 11.1 Å². The minimum absolute atomic E-state index is 0. The highest BCUT2D eigenvalue weighted by atomic mass is 35.5. The number of unbranched alkanes of at least 4 members (excludes halogenated alkanes) is 2. The highest BCUT2D eigenvalue weighted by Crippen LogP contribution is 2.18. The summed E-state index contributed by atoms with van der Waals surface area (Å²) in [4.78, 5) is 23.3. The number of rotatable bonds is 9. The summed E-state index contributed by atoms with van der Waals surface area (Å²) in [7, 11) is 0. The number of carbonyl (C=O) groups is 2. The fourth-order valence-electron chi connectivity index (χ4n) is 2.49. The van der Waals surface area contributed by atoms with E-state index in [9.17, 15) is 9.59 Å². The SMILES string of the molecule is CC(C)C(=O)SCCCCC[C@H](N)C(=O)NC1CCCC1.Cl. The average molecular weight is 351 g/mol. The van der Waals surface area contributed by atoms with Crippen molar-refractivity contribution in [1.29, 1.82) is 0 Å². The van der Waals surface area contributed by atoms with Crippen LogP contribution in [0.2, 0.25) is 0 Å². The van der Waals surface area contributed by atoms with E-state index in [-0.39, 0.29) is 35.4 Å². The third kappa shape index (κ3) is 9.01. The van der Waals surface area contributed by atoms with Gasteiger partial charge in [0.15, 0.2) is 5.12 Å². The molecule has 0 aromatic rings. The van der Waals surface area contributed by atoms with E-state index in [4.69, 9.17) is 5.73 Å². The van der Waals surface area contributed by atoms with Gasteiger partial charge in [-0.1, -0.05) is 51.3 Å². The first-order chi connectivity index (χ1) is 10.0. The zero-order valence-corrected chi connectivity index (χ0v) is 15.4. The lowest BCUT2D eigenvalue weighted by molar-refractivity contribution is -0.123. The van der Waals surface area contributed by atoms with Crippen molar-refractivity contribution in [2.24, 2.45) is 11.7 Å². The molecule has 0 spiro atoms. The molecule has 0 unspecified atom stereocenters. The summed E-state index contributed by atoms with van der Waals surface area (Å²) in [6.07, 6.45) is 8.36. The minimum Gasteiger partial charge on any atom is -0.352 e. The number of hydrogen-bond acceptors (Lipinski definition) is 4. The molecule has 1 atom stereocenters. The van der Waals surface area contributed by atoms with Crippen molar-refractivity contribution in [2.45, 2.75) is 77.3 Å². The first-order valence-electron chi connectivity index (χ1n) is 8.23. The molecule has 0 aromatic carbocycles. The highest BCUT2D eigenvalue weighted by molar-refractivity contribution is 8.13. The second-order valence-electron chi connectivity index (χ2n) is 6.27. The molecule has 1 aliphatic carbocycles. The molecular weight excluding hydrogens is 320 g/mol. The van der Waals surface area contributed by atoms with Gasteiger partial charge < -0.3 is 11.1 Å². The lowest BCUT2D eigenvalue weighted by Gasteiger charge is -2.16. The molecule has 6 heteroatoms. The maximum atomic E-state index is 11.9. The Hall–Kier alpha value is -0.260. The number of carbonyl (C=O) groups excluding carboxylic acids is 2.